The minimum atomic E-state index is 0.123. The number of likely N-dealkylation sites (tertiary alicyclic amines) is 2. The normalized spacial score (nSPS) is 20.2. The second-order valence-corrected chi connectivity index (χ2v) is 9.76. The molecule has 2 aromatic heterocycles. The van der Waals surface area contributed by atoms with E-state index in [9.17, 15) is 4.79 Å². The van der Waals surface area contributed by atoms with Crippen molar-refractivity contribution >= 4 is 16.8 Å². The van der Waals surface area contributed by atoms with Gasteiger partial charge >= 0.3 is 0 Å². The Labute approximate surface area is 206 Å². The van der Waals surface area contributed by atoms with Gasteiger partial charge in [0.2, 0.25) is 0 Å². The van der Waals surface area contributed by atoms with E-state index in [-0.39, 0.29) is 12.0 Å². The number of hydrogen-bond donors (Lipinski definition) is 0. The van der Waals surface area contributed by atoms with Crippen LogP contribution in [0.5, 0.6) is 5.75 Å². The Kier molecular flexibility index (Phi) is 6.41. The van der Waals surface area contributed by atoms with E-state index in [1.807, 2.05) is 53.7 Å². The Hall–Kier alpha value is -2.94. The minimum absolute atomic E-state index is 0.123. The molecule has 1 aromatic carbocycles. The smallest absolute Gasteiger partial charge is 0.253 e. The molecule has 3 aliphatic heterocycles. The second-order valence-electron chi connectivity index (χ2n) is 9.76. The quantitative estimate of drug-likeness (QED) is 0.546. The molecule has 35 heavy (non-hydrogen) atoms. The predicted octanol–water partition coefficient (Wildman–Crippen LogP) is 3.00. The Bertz CT molecular complexity index is 1160. The van der Waals surface area contributed by atoms with Gasteiger partial charge in [-0.05, 0) is 55.7 Å². The van der Waals surface area contributed by atoms with Crippen molar-refractivity contribution in [1.82, 2.24) is 24.3 Å². The zero-order chi connectivity index (χ0) is 23.6. The standard InChI is InChI=1S/C27H33N5O3/c33-27(31-9-1-10-31)22-2-4-25-21(18-22)6-13-32(25)26-5-3-24(19-28-26)35-23-7-11-29(12-8-23)20-30-14-16-34-17-15-30/h2-6,13,18-19,23H,1,7-12,14-17,20H2. The summed E-state index contributed by atoms with van der Waals surface area (Å²) in [5.74, 6) is 1.78. The van der Waals surface area contributed by atoms with Gasteiger partial charge in [0, 0.05) is 56.4 Å². The van der Waals surface area contributed by atoms with E-state index in [2.05, 4.69) is 19.4 Å². The number of pyridine rings is 1. The molecule has 0 spiro atoms. The molecule has 8 nitrogen and oxygen atoms in total. The number of carbonyl (C=O) groups excluding carboxylic acids is 1. The van der Waals surface area contributed by atoms with E-state index in [1.165, 1.54) is 0 Å². The van der Waals surface area contributed by atoms with E-state index >= 15 is 0 Å². The third kappa shape index (κ3) is 4.91. The van der Waals surface area contributed by atoms with Crippen LogP contribution in [-0.4, -0.2) is 95.4 Å². The number of piperidine rings is 1. The lowest BCUT2D eigenvalue weighted by Gasteiger charge is -2.36. The number of morpholine rings is 1. The monoisotopic (exact) mass is 475 g/mol. The lowest BCUT2D eigenvalue weighted by atomic mass is 10.1. The number of hydrogen-bond acceptors (Lipinski definition) is 6. The summed E-state index contributed by atoms with van der Waals surface area (Å²) in [6.45, 7) is 8.64. The number of rotatable bonds is 6. The fourth-order valence-electron chi connectivity index (χ4n) is 5.15. The maximum Gasteiger partial charge on any atom is 0.253 e. The first-order valence-corrected chi connectivity index (χ1v) is 12.8. The molecule has 0 radical (unpaired) electrons. The van der Waals surface area contributed by atoms with E-state index < -0.39 is 0 Å². The molecule has 0 saturated carbocycles. The van der Waals surface area contributed by atoms with Crippen molar-refractivity contribution in [3.8, 4) is 11.6 Å². The summed E-state index contributed by atoms with van der Waals surface area (Å²) in [6.07, 6.45) is 7.24. The van der Waals surface area contributed by atoms with Crippen LogP contribution < -0.4 is 4.74 Å². The number of carbonyl (C=O) groups is 1. The van der Waals surface area contributed by atoms with Crippen molar-refractivity contribution in [2.75, 3.05) is 59.2 Å². The minimum Gasteiger partial charge on any atom is -0.489 e. The fourth-order valence-corrected chi connectivity index (χ4v) is 5.15. The summed E-state index contributed by atoms with van der Waals surface area (Å²) in [6, 6.07) is 12.0. The summed E-state index contributed by atoms with van der Waals surface area (Å²) >= 11 is 0. The molecule has 3 aliphatic rings. The Morgan fingerprint density at radius 3 is 2.49 bits per heavy atom. The molecule has 3 aromatic rings. The molecule has 8 heteroatoms. The number of nitrogens with zero attached hydrogens (tertiary/aromatic N) is 5. The number of ether oxygens (including phenoxy) is 2. The van der Waals surface area contributed by atoms with Crippen LogP contribution in [0.2, 0.25) is 0 Å². The van der Waals surface area contributed by atoms with Crippen LogP contribution in [0.1, 0.15) is 29.6 Å². The van der Waals surface area contributed by atoms with E-state index in [4.69, 9.17) is 9.47 Å². The van der Waals surface area contributed by atoms with Crippen molar-refractivity contribution in [3.05, 3.63) is 54.4 Å². The van der Waals surface area contributed by atoms with Gasteiger partial charge < -0.3 is 18.9 Å². The second kappa shape index (κ2) is 9.97. The van der Waals surface area contributed by atoms with Gasteiger partial charge in [-0.15, -0.1) is 0 Å². The highest BCUT2D eigenvalue weighted by Crippen LogP contribution is 2.24. The van der Waals surface area contributed by atoms with Gasteiger partial charge in [-0.2, -0.15) is 0 Å². The van der Waals surface area contributed by atoms with Crippen LogP contribution >= 0.6 is 0 Å². The molecule has 184 valence electrons. The predicted molar refractivity (Wildman–Crippen MR) is 134 cm³/mol. The molecule has 0 N–H and O–H groups in total. The number of fused-ring (bicyclic) bond motifs is 1. The summed E-state index contributed by atoms with van der Waals surface area (Å²) in [5.41, 5.74) is 1.79. The molecule has 0 atom stereocenters. The van der Waals surface area contributed by atoms with Crippen molar-refractivity contribution in [2.45, 2.75) is 25.4 Å². The van der Waals surface area contributed by atoms with Gasteiger partial charge in [0.15, 0.2) is 0 Å². The highest BCUT2D eigenvalue weighted by Gasteiger charge is 2.24. The van der Waals surface area contributed by atoms with Crippen LogP contribution in [0, 0.1) is 0 Å². The zero-order valence-corrected chi connectivity index (χ0v) is 20.1. The van der Waals surface area contributed by atoms with Crippen LogP contribution in [0.4, 0.5) is 0 Å². The SMILES string of the molecule is O=C(c1ccc2c(ccn2-c2ccc(OC3CCN(CN4CCOCC4)CC3)cn2)c1)N1CCC1. The Morgan fingerprint density at radius 2 is 1.77 bits per heavy atom. The average Bonchev–Trinajstić information content (AvgIpc) is 3.29. The number of aromatic nitrogens is 2. The Balaban J connectivity index is 1.06. The van der Waals surface area contributed by atoms with Crippen molar-refractivity contribution in [1.29, 1.82) is 0 Å². The number of benzene rings is 1. The van der Waals surface area contributed by atoms with Crippen LogP contribution in [0.15, 0.2) is 48.8 Å². The van der Waals surface area contributed by atoms with Crippen LogP contribution in [0.3, 0.4) is 0 Å². The molecule has 0 aliphatic carbocycles. The third-order valence-electron chi connectivity index (χ3n) is 7.39. The van der Waals surface area contributed by atoms with Gasteiger partial charge in [0.05, 0.1) is 31.6 Å². The molecule has 0 unspecified atom stereocenters. The van der Waals surface area contributed by atoms with Crippen LogP contribution in [0.25, 0.3) is 16.7 Å². The topological polar surface area (TPSA) is 63.1 Å². The summed E-state index contributed by atoms with van der Waals surface area (Å²) in [7, 11) is 0. The fraction of sp³-hybridized carbons (Fsp3) is 0.481. The first-order valence-electron chi connectivity index (χ1n) is 12.8. The molecule has 3 saturated heterocycles. The van der Waals surface area contributed by atoms with Crippen molar-refractivity contribution in [2.24, 2.45) is 0 Å². The number of amides is 1. The Morgan fingerprint density at radius 1 is 0.971 bits per heavy atom. The largest absolute Gasteiger partial charge is 0.489 e. The maximum atomic E-state index is 12.5. The van der Waals surface area contributed by atoms with Gasteiger partial charge in [-0.1, -0.05) is 0 Å². The van der Waals surface area contributed by atoms with Gasteiger partial charge in [-0.3, -0.25) is 14.6 Å². The van der Waals surface area contributed by atoms with Gasteiger partial charge in [-0.25, -0.2) is 4.98 Å². The molecule has 0 bridgehead atoms. The molecular formula is C27H33N5O3. The molecule has 1 amide bonds. The summed E-state index contributed by atoms with van der Waals surface area (Å²) in [4.78, 5) is 24.1. The maximum absolute atomic E-state index is 12.5. The lowest BCUT2D eigenvalue weighted by Crippen LogP contribution is -2.47. The molecule has 6 rings (SSSR count). The molecular weight excluding hydrogens is 442 g/mol. The molecule has 5 heterocycles. The van der Waals surface area contributed by atoms with Crippen LogP contribution in [-0.2, 0) is 4.74 Å². The first kappa shape index (κ1) is 22.5. The zero-order valence-electron chi connectivity index (χ0n) is 20.1. The van der Waals surface area contributed by atoms with Crippen molar-refractivity contribution in [3.63, 3.8) is 0 Å². The lowest BCUT2D eigenvalue weighted by molar-refractivity contribution is -0.00296. The van der Waals surface area contributed by atoms with Gasteiger partial charge in [0.25, 0.3) is 5.91 Å². The van der Waals surface area contributed by atoms with Gasteiger partial charge in [0.1, 0.15) is 17.7 Å². The summed E-state index contributed by atoms with van der Waals surface area (Å²) < 4.78 is 13.8. The first-order chi connectivity index (χ1) is 17.2. The highest BCUT2D eigenvalue weighted by molar-refractivity contribution is 5.98. The summed E-state index contributed by atoms with van der Waals surface area (Å²) in [5, 5.41) is 1.04. The van der Waals surface area contributed by atoms with E-state index in [0.29, 0.717) is 0 Å². The average molecular weight is 476 g/mol. The van der Waals surface area contributed by atoms with Crippen molar-refractivity contribution < 1.29 is 14.3 Å². The van der Waals surface area contributed by atoms with E-state index in [0.717, 1.165) is 106 Å². The highest BCUT2D eigenvalue weighted by atomic mass is 16.5. The van der Waals surface area contributed by atoms with E-state index in [1.54, 1.807) is 0 Å². The third-order valence-corrected chi connectivity index (χ3v) is 7.39. The molecule has 3 fully saturated rings.